The van der Waals surface area contributed by atoms with Crippen LogP contribution >= 0.6 is 0 Å². The summed E-state index contributed by atoms with van der Waals surface area (Å²) in [5.41, 5.74) is 1.99. The maximum absolute atomic E-state index is 12.4. The van der Waals surface area contributed by atoms with Crippen LogP contribution in [0.25, 0.3) is 0 Å². The van der Waals surface area contributed by atoms with Crippen LogP contribution in [0.3, 0.4) is 0 Å². The largest absolute Gasteiger partial charge is 0.487 e. The number of hydrogen-bond acceptors (Lipinski definition) is 5. The van der Waals surface area contributed by atoms with E-state index in [4.69, 9.17) is 9.47 Å². The van der Waals surface area contributed by atoms with Gasteiger partial charge in [0, 0.05) is 39.3 Å². The first kappa shape index (κ1) is 23.4. The third-order valence-electron chi connectivity index (χ3n) is 6.14. The van der Waals surface area contributed by atoms with E-state index < -0.39 is 5.60 Å². The van der Waals surface area contributed by atoms with Gasteiger partial charge in [0.25, 0.3) is 0 Å². The van der Waals surface area contributed by atoms with Gasteiger partial charge in [0.2, 0.25) is 0 Å². The fourth-order valence-electron chi connectivity index (χ4n) is 4.55. The average molecular weight is 452 g/mol. The highest BCUT2D eigenvalue weighted by Crippen LogP contribution is 2.31. The predicted octanol–water partition coefficient (Wildman–Crippen LogP) is 4.79. The number of hydrogen-bond donors (Lipinski definition) is 0. The minimum absolute atomic E-state index is 0.187. The molecular weight excluding hydrogens is 414 g/mol. The summed E-state index contributed by atoms with van der Waals surface area (Å²) in [6.07, 6.45) is 2.18. The highest BCUT2D eigenvalue weighted by atomic mass is 16.6. The zero-order valence-electron chi connectivity index (χ0n) is 20.2. The Balaban J connectivity index is 1.35. The van der Waals surface area contributed by atoms with E-state index in [1.165, 1.54) is 5.56 Å². The van der Waals surface area contributed by atoms with E-state index in [0.717, 1.165) is 57.0 Å². The number of rotatable bonds is 5. The van der Waals surface area contributed by atoms with Gasteiger partial charge >= 0.3 is 6.09 Å². The molecule has 2 heterocycles. The Morgan fingerprint density at radius 2 is 1.64 bits per heavy atom. The van der Waals surface area contributed by atoms with Crippen molar-refractivity contribution in [3.8, 4) is 5.75 Å². The number of piperazine rings is 1. The molecule has 2 fully saturated rings. The number of anilines is 1. The van der Waals surface area contributed by atoms with Crippen molar-refractivity contribution in [1.29, 1.82) is 0 Å². The molecule has 0 aliphatic carbocycles. The minimum atomic E-state index is -0.469. The Bertz CT molecular complexity index is 904. The summed E-state index contributed by atoms with van der Waals surface area (Å²) < 4.78 is 12.1. The molecule has 0 spiro atoms. The number of likely N-dealkylation sites (tertiary alicyclic amines) is 1. The first-order valence-corrected chi connectivity index (χ1v) is 12.1. The molecule has 2 aliphatic rings. The van der Waals surface area contributed by atoms with Gasteiger partial charge in [-0.25, -0.2) is 4.79 Å². The fraction of sp³-hybridized carbons (Fsp3) is 0.519. The molecule has 0 aromatic heterocycles. The lowest BCUT2D eigenvalue weighted by molar-refractivity contribution is 0.0240. The normalized spacial score (nSPS) is 19.9. The fourth-order valence-corrected chi connectivity index (χ4v) is 4.55. The topological polar surface area (TPSA) is 45.3 Å². The number of piperidine rings is 1. The molecule has 0 radical (unpaired) electrons. The summed E-state index contributed by atoms with van der Waals surface area (Å²) in [6, 6.07) is 19.0. The van der Waals surface area contributed by atoms with E-state index in [-0.39, 0.29) is 12.2 Å². The van der Waals surface area contributed by atoms with E-state index in [2.05, 4.69) is 58.3 Å². The molecule has 1 atom stereocenters. The molecule has 178 valence electrons. The van der Waals surface area contributed by atoms with Crippen molar-refractivity contribution in [2.75, 3.05) is 44.2 Å². The van der Waals surface area contributed by atoms with Gasteiger partial charge in [-0.15, -0.1) is 0 Å². The number of para-hydroxylation sites is 2. The molecule has 0 saturated carbocycles. The Labute approximate surface area is 198 Å². The Hall–Kier alpha value is -2.73. The van der Waals surface area contributed by atoms with Crippen LogP contribution in [-0.2, 0) is 11.3 Å². The van der Waals surface area contributed by atoms with Crippen LogP contribution in [0.15, 0.2) is 54.6 Å². The quantitative estimate of drug-likeness (QED) is 0.654. The van der Waals surface area contributed by atoms with Crippen LogP contribution < -0.4 is 9.64 Å². The zero-order valence-corrected chi connectivity index (χ0v) is 20.2. The lowest BCUT2D eigenvalue weighted by atomic mass is 10.1. The molecule has 6 heteroatoms. The van der Waals surface area contributed by atoms with Gasteiger partial charge in [-0.05, 0) is 57.9 Å². The van der Waals surface area contributed by atoms with Crippen LogP contribution in [0, 0.1) is 0 Å². The van der Waals surface area contributed by atoms with Crippen LogP contribution in [0.5, 0.6) is 5.75 Å². The van der Waals surface area contributed by atoms with Gasteiger partial charge in [0.1, 0.15) is 17.5 Å². The van der Waals surface area contributed by atoms with Crippen molar-refractivity contribution in [1.82, 2.24) is 9.80 Å². The summed E-state index contributed by atoms with van der Waals surface area (Å²) in [4.78, 5) is 19.0. The van der Waals surface area contributed by atoms with Gasteiger partial charge in [-0.1, -0.05) is 42.5 Å². The highest BCUT2D eigenvalue weighted by molar-refractivity contribution is 5.69. The Morgan fingerprint density at radius 1 is 0.939 bits per heavy atom. The maximum atomic E-state index is 12.4. The number of ether oxygens (including phenoxy) is 2. The molecule has 0 bridgehead atoms. The summed E-state index contributed by atoms with van der Waals surface area (Å²) in [7, 11) is 0. The van der Waals surface area contributed by atoms with Crippen LogP contribution in [0.4, 0.5) is 10.5 Å². The molecule has 2 aromatic rings. The number of amides is 1. The van der Waals surface area contributed by atoms with E-state index in [1.54, 1.807) is 4.90 Å². The maximum Gasteiger partial charge on any atom is 0.410 e. The van der Waals surface area contributed by atoms with Gasteiger partial charge in [0.15, 0.2) is 0 Å². The summed E-state index contributed by atoms with van der Waals surface area (Å²) in [5, 5.41) is 0. The highest BCUT2D eigenvalue weighted by Gasteiger charge is 2.28. The first-order chi connectivity index (χ1) is 15.9. The van der Waals surface area contributed by atoms with Crippen LogP contribution in [-0.4, -0.2) is 66.9 Å². The lowest BCUT2D eigenvalue weighted by Gasteiger charge is -2.38. The van der Waals surface area contributed by atoms with Gasteiger partial charge < -0.3 is 19.3 Å². The van der Waals surface area contributed by atoms with Crippen molar-refractivity contribution >= 4 is 11.8 Å². The smallest absolute Gasteiger partial charge is 0.410 e. The molecule has 2 aromatic carbocycles. The molecule has 0 N–H and O–H groups in total. The molecule has 1 unspecified atom stereocenters. The Morgan fingerprint density at radius 3 is 2.36 bits per heavy atom. The second-order valence-corrected chi connectivity index (χ2v) is 10.0. The number of benzene rings is 2. The third-order valence-corrected chi connectivity index (χ3v) is 6.14. The predicted molar refractivity (Wildman–Crippen MR) is 132 cm³/mol. The van der Waals surface area contributed by atoms with Crippen molar-refractivity contribution in [3.63, 3.8) is 0 Å². The Kier molecular flexibility index (Phi) is 7.43. The molecule has 4 rings (SSSR count). The molecule has 33 heavy (non-hydrogen) atoms. The first-order valence-electron chi connectivity index (χ1n) is 12.1. The summed E-state index contributed by atoms with van der Waals surface area (Å²) in [6.45, 7) is 11.6. The molecule has 1 amide bonds. The summed E-state index contributed by atoms with van der Waals surface area (Å²) >= 11 is 0. The molecule has 6 nitrogen and oxygen atoms in total. The van der Waals surface area contributed by atoms with E-state index in [9.17, 15) is 4.79 Å². The number of carbonyl (C=O) groups is 1. The standard InChI is InChI=1S/C27H37N3O3/c1-27(2,3)33-26(31)30-18-16-29(17-19-30)24-13-7-8-14-25(24)32-23-12-9-15-28(21-23)20-22-10-5-4-6-11-22/h4-8,10-11,13-14,23H,9,12,15-21H2,1-3H3. The van der Waals surface area contributed by atoms with E-state index in [0.29, 0.717) is 13.1 Å². The van der Waals surface area contributed by atoms with Crippen molar-refractivity contribution in [2.24, 2.45) is 0 Å². The van der Waals surface area contributed by atoms with Gasteiger partial charge in [-0.3, -0.25) is 4.90 Å². The molecule has 2 saturated heterocycles. The van der Waals surface area contributed by atoms with Crippen molar-refractivity contribution in [2.45, 2.75) is 51.9 Å². The molecule has 2 aliphatic heterocycles. The third kappa shape index (κ3) is 6.64. The van der Waals surface area contributed by atoms with Gasteiger partial charge in [0.05, 0.1) is 5.69 Å². The molecular formula is C27H37N3O3. The zero-order chi connectivity index (χ0) is 23.3. The van der Waals surface area contributed by atoms with E-state index >= 15 is 0 Å². The summed E-state index contributed by atoms with van der Waals surface area (Å²) in [5.74, 6) is 0.940. The second kappa shape index (κ2) is 10.5. The van der Waals surface area contributed by atoms with Crippen LogP contribution in [0.2, 0.25) is 0 Å². The second-order valence-electron chi connectivity index (χ2n) is 10.0. The van der Waals surface area contributed by atoms with Crippen LogP contribution in [0.1, 0.15) is 39.2 Å². The monoisotopic (exact) mass is 451 g/mol. The minimum Gasteiger partial charge on any atom is -0.487 e. The SMILES string of the molecule is CC(C)(C)OC(=O)N1CCN(c2ccccc2OC2CCCN(Cc3ccccc3)C2)CC1. The number of nitrogens with zero attached hydrogens (tertiary/aromatic N) is 3. The van der Waals surface area contributed by atoms with E-state index in [1.807, 2.05) is 26.8 Å². The lowest BCUT2D eigenvalue weighted by Crippen LogP contribution is -2.50. The van der Waals surface area contributed by atoms with Crippen molar-refractivity contribution < 1.29 is 14.3 Å². The number of carbonyl (C=O) groups excluding carboxylic acids is 1. The van der Waals surface area contributed by atoms with Crippen molar-refractivity contribution in [3.05, 3.63) is 60.2 Å². The van der Waals surface area contributed by atoms with Gasteiger partial charge in [-0.2, -0.15) is 0 Å². The average Bonchev–Trinajstić information content (AvgIpc) is 2.79.